The van der Waals surface area contributed by atoms with Crippen LogP contribution in [0.2, 0.25) is 0 Å². The van der Waals surface area contributed by atoms with Gasteiger partial charge in [-0.3, -0.25) is 4.79 Å². The number of Topliss-reactive ketones (excluding diaryl/α,β-unsaturated/α-hetero) is 1. The second-order valence-corrected chi connectivity index (χ2v) is 5.04. The number of ether oxygens (including phenoxy) is 1. The fraction of sp³-hybridized carbons (Fsp3) is 0.235. The summed E-state index contributed by atoms with van der Waals surface area (Å²) >= 11 is 0. The zero-order chi connectivity index (χ0) is 14.8. The second-order valence-electron chi connectivity index (χ2n) is 5.04. The molecule has 2 aromatic carbocycles. The predicted octanol–water partition coefficient (Wildman–Crippen LogP) is 3.39. The van der Waals surface area contributed by atoms with Gasteiger partial charge in [-0.25, -0.2) is 8.78 Å². The first-order valence-corrected chi connectivity index (χ1v) is 6.82. The molecule has 0 aromatic heterocycles. The van der Waals surface area contributed by atoms with Crippen LogP contribution in [0.5, 0.6) is 0 Å². The van der Waals surface area contributed by atoms with Crippen LogP contribution in [0.15, 0.2) is 42.5 Å². The summed E-state index contributed by atoms with van der Waals surface area (Å²) < 4.78 is 32.8. The van der Waals surface area contributed by atoms with Gasteiger partial charge in [0.15, 0.2) is 5.78 Å². The number of halogens is 2. The van der Waals surface area contributed by atoms with Crippen LogP contribution in [0.25, 0.3) is 0 Å². The van der Waals surface area contributed by atoms with Gasteiger partial charge in [0.25, 0.3) is 0 Å². The second kappa shape index (κ2) is 5.74. The monoisotopic (exact) mass is 288 g/mol. The minimum Gasteiger partial charge on any atom is -0.365 e. The maximum Gasteiger partial charge on any atom is 0.170 e. The van der Waals surface area contributed by atoms with Crippen LogP contribution in [0, 0.1) is 11.6 Å². The van der Waals surface area contributed by atoms with E-state index in [4.69, 9.17) is 4.74 Å². The molecule has 1 heterocycles. The molecule has 0 radical (unpaired) electrons. The van der Waals surface area contributed by atoms with Crippen LogP contribution in [0.3, 0.4) is 0 Å². The lowest BCUT2D eigenvalue weighted by Gasteiger charge is -2.25. The average Bonchev–Trinajstić information content (AvgIpc) is 2.50. The van der Waals surface area contributed by atoms with Gasteiger partial charge in [0, 0.05) is 12.0 Å². The molecule has 0 saturated carbocycles. The molecular weight excluding hydrogens is 274 g/mol. The van der Waals surface area contributed by atoms with Crippen molar-refractivity contribution in [1.82, 2.24) is 0 Å². The molecule has 0 spiro atoms. The van der Waals surface area contributed by atoms with Crippen LogP contribution in [0.4, 0.5) is 8.78 Å². The number of carbonyl (C=O) groups is 1. The van der Waals surface area contributed by atoms with Gasteiger partial charge in [0.2, 0.25) is 0 Å². The number of rotatable bonds is 3. The average molecular weight is 288 g/mol. The largest absolute Gasteiger partial charge is 0.365 e. The van der Waals surface area contributed by atoms with E-state index in [1.54, 1.807) is 0 Å². The predicted molar refractivity (Wildman–Crippen MR) is 73.9 cm³/mol. The maximum absolute atomic E-state index is 13.6. The highest BCUT2D eigenvalue weighted by Crippen LogP contribution is 2.29. The molecule has 1 aliphatic rings. The van der Waals surface area contributed by atoms with Gasteiger partial charge in [0.05, 0.1) is 6.61 Å². The minimum absolute atomic E-state index is 0.200. The molecule has 0 N–H and O–H groups in total. The maximum atomic E-state index is 13.6. The number of fused-ring (bicyclic) bond motifs is 1. The highest BCUT2D eigenvalue weighted by atomic mass is 19.1. The smallest absolute Gasteiger partial charge is 0.170 e. The topological polar surface area (TPSA) is 26.3 Å². The van der Waals surface area contributed by atoms with E-state index in [0.717, 1.165) is 29.7 Å². The van der Waals surface area contributed by atoms with Crippen LogP contribution < -0.4 is 0 Å². The van der Waals surface area contributed by atoms with E-state index in [2.05, 4.69) is 0 Å². The lowest BCUT2D eigenvalue weighted by atomic mass is 9.92. The van der Waals surface area contributed by atoms with E-state index in [1.165, 1.54) is 6.07 Å². The van der Waals surface area contributed by atoms with Crippen LogP contribution in [-0.2, 0) is 22.4 Å². The van der Waals surface area contributed by atoms with Crippen molar-refractivity contribution in [2.24, 2.45) is 0 Å². The molecule has 0 bridgehead atoms. The molecule has 2 aromatic rings. The fourth-order valence-electron chi connectivity index (χ4n) is 2.63. The molecule has 2 nitrogen and oxygen atoms in total. The zero-order valence-corrected chi connectivity index (χ0v) is 11.3. The molecule has 4 heteroatoms. The van der Waals surface area contributed by atoms with Crippen molar-refractivity contribution in [3.05, 3.63) is 70.8 Å². The lowest BCUT2D eigenvalue weighted by Crippen LogP contribution is -2.25. The van der Waals surface area contributed by atoms with Crippen molar-refractivity contribution in [2.75, 3.05) is 6.61 Å². The number of hydrogen-bond acceptors (Lipinski definition) is 2. The molecule has 3 rings (SSSR count). The first-order valence-electron chi connectivity index (χ1n) is 6.82. The molecule has 108 valence electrons. The summed E-state index contributed by atoms with van der Waals surface area (Å²) in [6, 6.07) is 11.1. The van der Waals surface area contributed by atoms with Crippen LogP contribution >= 0.6 is 0 Å². The summed E-state index contributed by atoms with van der Waals surface area (Å²) in [5, 5.41) is 0. The summed E-state index contributed by atoms with van der Waals surface area (Å²) in [5.74, 6) is -1.73. The Kier molecular flexibility index (Phi) is 3.80. The Bertz CT molecular complexity index is 662. The molecule has 1 unspecified atom stereocenters. The standard InChI is InChI=1S/C17H14F2O2/c18-14-6-3-7-15(19)13(14)10-16(20)17-12-5-2-1-4-11(12)8-9-21-17/h1-7,17H,8-10H2. The fourth-order valence-corrected chi connectivity index (χ4v) is 2.63. The van der Waals surface area contributed by atoms with E-state index >= 15 is 0 Å². The number of carbonyl (C=O) groups excluding carboxylic acids is 1. The summed E-state index contributed by atoms with van der Waals surface area (Å²) in [4.78, 5) is 12.4. The summed E-state index contributed by atoms with van der Waals surface area (Å²) in [6.45, 7) is 0.438. The van der Waals surface area contributed by atoms with Crippen molar-refractivity contribution < 1.29 is 18.3 Å². The molecule has 0 saturated heterocycles. The van der Waals surface area contributed by atoms with Crippen molar-refractivity contribution in [3.8, 4) is 0 Å². The summed E-state index contributed by atoms with van der Waals surface area (Å²) in [7, 11) is 0. The number of ketones is 1. The minimum atomic E-state index is -0.742. The highest BCUT2D eigenvalue weighted by Gasteiger charge is 2.28. The Hall–Kier alpha value is -2.07. The SMILES string of the molecule is O=C(Cc1c(F)cccc1F)C1OCCc2ccccc21. The Morgan fingerprint density at radius 2 is 1.81 bits per heavy atom. The first-order chi connectivity index (χ1) is 10.2. The van der Waals surface area contributed by atoms with E-state index < -0.39 is 17.7 Å². The van der Waals surface area contributed by atoms with E-state index in [1.807, 2.05) is 24.3 Å². The van der Waals surface area contributed by atoms with Gasteiger partial charge in [-0.05, 0) is 29.7 Å². The molecule has 0 fully saturated rings. The van der Waals surface area contributed by atoms with E-state index in [-0.39, 0.29) is 17.8 Å². The van der Waals surface area contributed by atoms with E-state index in [9.17, 15) is 13.6 Å². The Labute approximate surface area is 121 Å². The molecular formula is C17H14F2O2. The summed E-state index contributed by atoms with van der Waals surface area (Å²) in [5.41, 5.74) is 1.65. The summed E-state index contributed by atoms with van der Waals surface area (Å²) in [6.07, 6.45) is -0.306. The zero-order valence-electron chi connectivity index (χ0n) is 11.3. The Morgan fingerprint density at radius 3 is 2.57 bits per heavy atom. The van der Waals surface area contributed by atoms with E-state index in [0.29, 0.717) is 6.61 Å². The van der Waals surface area contributed by atoms with Gasteiger partial charge >= 0.3 is 0 Å². The third-order valence-electron chi connectivity index (χ3n) is 3.70. The van der Waals surface area contributed by atoms with Gasteiger partial charge in [-0.1, -0.05) is 30.3 Å². The van der Waals surface area contributed by atoms with Crippen molar-refractivity contribution >= 4 is 5.78 Å². The molecule has 0 amide bonds. The normalized spacial score (nSPS) is 17.3. The van der Waals surface area contributed by atoms with Gasteiger partial charge in [0.1, 0.15) is 17.7 Å². The van der Waals surface area contributed by atoms with Crippen molar-refractivity contribution in [2.45, 2.75) is 18.9 Å². The third-order valence-corrected chi connectivity index (χ3v) is 3.70. The lowest BCUT2D eigenvalue weighted by molar-refractivity contribution is -0.131. The van der Waals surface area contributed by atoms with Gasteiger partial charge in [-0.15, -0.1) is 0 Å². The van der Waals surface area contributed by atoms with Crippen LogP contribution in [0.1, 0.15) is 22.8 Å². The number of benzene rings is 2. The van der Waals surface area contributed by atoms with Gasteiger partial charge in [-0.2, -0.15) is 0 Å². The number of hydrogen-bond donors (Lipinski definition) is 0. The highest BCUT2D eigenvalue weighted by molar-refractivity contribution is 5.87. The Balaban J connectivity index is 1.87. The molecule has 21 heavy (non-hydrogen) atoms. The molecule has 1 atom stereocenters. The quantitative estimate of drug-likeness (QED) is 0.865. The van der Waals surface area contributed by atoms with Crippen molar-refractivity contribution in [3.63, 3.8) is 0 Å². The first kappa shape index (κ1) is 13.9. The van der Waals surface area contributed by atoms with Crippen LogP contribution in [-0.4, -0.2) is 12.4 Å². The molecule has 1 aliphatic heterocycles. The third kappa shape index (κ3) is 2.72. The Morgan fingerprint density at radius 1 is 1.10 bits per heavy atom. The van der Waals surface area contributed by atoms with Gasteiger partial charge < -0.3 is 4.74 Å². The molecule has 0 aliphatic carbocycles. The van der Waals surface area contributed by atoms with Crippen molar-refractivity contribution in [1.29, 1.82) is 0 Å².